The molecule has 0 nitrogen and oxygen atoms in total. The average molecular weight is 156 g/mol. The normalized spacial score (nSPS) is 20.9. The summed E-state index contributed by atoms with van der Waals surface area (Å²) in [6.07, 6.45) is 11.5. The molecule has 0 aromatic rings. The molecule has 0 bridgehead atoms. The fourth-order valence-electron chi connectivity index (χ4n) is 1.51. The third-order valence-corrected chi connectivity index (χ3v) is 2.36. The summed E-state index contributed by atoms with van der Waals surface area (Å²) in [7, 11) is 0. The van der Waals surface area contributed by atoms with E-state index in [1.165, 1.54) is 25.7 Å². The summed E-state index contributed by atoms with van der Waals surface area (Å²) < 4.78 is 0. The molecule has 10 heavy (non-hydrogen) atoms. The van der Waals surface area contributed by atoms with Gasteiger partial charge in [-0.3, -0.25) is 0 Å². The highest BCUT2D eigenvalue weighted by atomic mass is 32.1. The van der Waals surface area contributed by atoms with E-state index in [1.54, 1.807) is 0 Å². The van der Waals surface area contributed by atoms with Crippen LogP contribution in [-0.2, 0) is 0 Å². The molecule has 0 unspecified atom stereocenters. The quantitative estimate of drug-likeness (QED) is 0.471. The molecule has 0 N–H and O–H groups in total. The van der Waals surface area contributed by atoms with Crippen LogP contribution in [0.1, 0.15) is 32.1 Å². The van der Waals surface area contributed by atoms with Crippen LogP contribution in [-0.4, -0.2) is 5.75 Å². The minimum atomic E-state index is 0.903. The highest BCUT2D eigenvalue weighted by Crippen LogP contribution is 2.25. The molecule has 0 aromatic heterocycles. The van der Waals surface area contributed by atoms with E-state index in [9.17, 15) is 0 Å². The summed E-state index contributed by atoms with van der Waals surface area (Å²) in [5.74, 6) is 1.89. The Hall–Kier alpha value is 0.0900. The van der Waals surface area contributed by atoms with E-state index in [0.717, 1.165) is 18.1 Å². The lowest BCUT2D eigenvalue weighted by Crippen LogP contribution is -1.84. The van der Waals surface area contributed by atoms with Crippen LogP contribution in [0, 0.1) is 5.92 Å². The Bertz CT molecular complexity index is 101. The summed E-state index contributed by atoms with van der Waals surface area (Å²) >= 11 is 4.15. The van der Waals surface area contributed by atoms with Crippen LogP contribution in [0.5, 0.6) is 0 Å². The van der Waals surface area contributed by atoms with Gasteiger partial charge in [0, 0.05) is 0 Å². The van der Waals surface area contributed by atoms with Gasteiger partial charge in [-0.1, -0.05) is 25.0 Å². The van der Waals surface area contributed by atoms with Crippen molar-refractivity contribution in [1.82, 2.24) is 0 Å². The van der Waals surface area contributed by atoms with Gasteiger partial charge in [0.15, 0.2) is 0 Å². The molecule has 0 aliphatic heterocycles. The van der Waals surface area contributed by atoms with Gasteiger partial charge in [-0.2, -0.15) is 12.6 Å². The van der Waals surface area contributed by atoms with E-state index in [0.29, 0.717) is 0 Å². The Kier molecular flexibility index (Phi) is 3.96. The number of thiol groups is 1. The van der Waals surface area contributed by atoms with Crippen molar-refractivity contribution in [2.45, 2.75) is 32.1 Å². The van der Waals surface area contributed by atoms with Crippen LogP contribution in [0.15, 0.2) is 12.2 Å². The monoisotopic (exact) mass is 156 g/mol. The maximum atomic E-state index is 4.15. The van der Waals surface area contributed by atoms with Crippen LogP contribution >= 0.6 is 12.6 Å². The summed E-state index contributed by atoms with van der Waals surface area (Å²) in [5.41, 5.74) is 0. The summed E-state index contributed by atoms with van der Waals surface area (Å²) in [4.78, 5) is 0. The third-order valence-electron chi connectivity index (χ3n) is 2.10. The summed E-state index contributed by atoms with van der Waals surface area (Å²) in [5, 5.41) is 0. The zero-order chi connectivity index (χ0) is 7.23. The molecular formula is C9H16S. The Morgan fingerprint density at radius 1 is 1.30 bits per heavy atom. The van der Waals surface area contributed by atoms with Gasteiger partial charge in [0.25, 0.3) is 0 Å². The molecule has 1 saturated carbocycles. The van der Waals surface area contributed by atoms with Crippen LogP contribution in [0.3, 0.4) is 0 Å². The van der Waals surface area contributed by atoms with Crippen molar-refractivity contribution < 1.29 is 0 Å². The van der Waals surface area contributed by atoms with E-state index in [1.807, 2.05) is 0 Å². The third kappa shape index (κ3) is 2.78. The number of rotatable bonds is 3. The average Bonchev–Trinajstić information content (AvgIpc) is 2.41. The fourth-order valence-corrected chi connectivity index (χ4v) is 1.66. The first-order valence-electron chi connectivity index (χ1n) is 4.21. The van der Waals surface area contributed by atoms with Crippen molar-refractivity contribution in [2.24, 2.45) is 5.92 Å². The van der Waals surface area contributed by atoms with Gasteiger partial charge in [-0.15, -0.1) is 0 Å². The maximum Gasteiger partial charge on any atom is -0.00633 e. The second-order valence-electron chi connectivity index (χ2n) is 2.98. The lowest BCUT2D eigenvalue weighted by molar-refractivity contribution is 0.683. The lowest BCUT2D eigenvalue weighted by Gasteiger charge is -1.98. The van der Waals surface area contributed by atoms with Crippen molar-refractivity contribution in [3.05, 3.63) is 12.2 Å². The van der Waals surface area contributed by atoms with Crippen molar-refractivity contribution in [2.75, 3.05) is 5.75 Å². The van der Waals surface area contributed by atoms with Crippen LogP contribution in [0.25, 0.3) is 0 Å². The minimum absolute atomic E-state index is 0.903. The predicted octanol–water partition coefficient (Wildman–Crippen LogP) is 3.05. The molecule has 1 heteroatoms. The molecule has 58 valence electrons. The first-order valence-corrected chi connectivity index (χ1v) is 4.84. The van der Waals surface area contributed by atoms with Gasteiger partial charge in [0.1, 0.15) is 0 Å². The molecule has 1 aliphatic rings. The minimum Gasteiger partial charge on any atom is -0.179 e. The van der Waals surface area contributed by atoms with E-state index in [2.05, 4.69) is 24.8 Å². The number of hydrogen-bond donors (Lipinski definition) is 1. The lowest BCUT2D eigenvalue weighted by atomic mass is 10.1. The highest BCUT2D eigenvalue weighted by molar-refractivity contribution is 7.80. The first-order chi connectivity index (χ1) is 4.93. The second-order valence-corrected chi connectivity index (χ2v) is 3.43. The Labute approximate surface area is 69.1 Å². The smallest absolute Gasteiger partial charge is 0.00633 e. The number of hydrogen-bond acceptors (Lipinski definition) is 1. The van der Waals surface area contributed by atoms with Gasteiger partial charge < -0.3 is 0 Å². The van der Waals surface area contributed by atoms with Crippen LogP contribution in [0.2, 0.25) is 0 Å². The van der Waals surface area contributed by atoms with E-state index >= 15 is 0 Å². The van der Waals surface area contributed by atoms with E-state index < -0.39 is 0 Å². The number of allylic oxidation sites excluding steroid dienone is 2. The zero-order valence-corrected chi connectivity index (χ0v) is 7.32. The molecular weight excluding hydrogens is 140 g/mol. The van der Waals surface area contributed by atoms with Gasteiger partial charge in [-0.05, 0) is 30.9 Å². The molecule has 1 fully saturated rings. The Morgan fingerprint density at radius 3 is 2.60 bits per heavy atom. The summed E-state index contributed by atoms with van der Waals surface area (Å²) in [6.45, 7) is 0. The highest BCUT2D eigenvalue weighted by Gasteiger charge is 2.10. The SMILES string of the molecule is SCC/C=C/C1CCCC1. The van der Waals surface area contributed by atoms with Crippen molar-refractivity contribution in [3.63, 3.8) is 0 Å². The molecule has 0 heterocycles. The molecule has 0 radical (unpaired) electrons. The standard InChI is InChI=1S/C9H16S/c10-8-4-3-7-9-5-1-2-6-9/h3,7,9-10H,1-2,4-6,8H2/b7-3+. The van der Waals surface area contributed by atoms with Crippen molar-refractivity contribution in [1.29, 1.82) is 0 Å². The van der Waals surface area contributed by atoms with Gasteiger partial charge in [0.05, 0.1) is 0 Å². The van der Waals surface area contributed by atoms with Gasteiger partial charge >= 0.3 is 0 Å². The zero-order valence-electron chi connectivity index (χ0n) is 6.42. The first kappa shape index (κ1) is 8.19. The molecule has 1 rings (SSSR count). The largest absolute Gasteiger partial charge is 0.179 e. The molecule has 0 saturated heterocycles. The van der Waals surface area contributed by atoms with Crippen LogP contribution < -0.4 is 0 Å². The van der Waals surface area contributed by atoms with Crippen LogP contribution in [0.4, 0.5) is 0 Å². The predicted molar refractivity (Wildman–Crippen MR) is 49.6 cm³/mol. The van der Waals surface area contributed by atoms with E-state index in [-0.39, 0.29) is 0 Å². The summed E-state index contributed by atoms with van der Waals surface area (Å²) in [6, 6.07) is 0. The van der Waals surface area contributed by atoms with Gasteiger partial charge in [0.2, 0.25) is 0 Å². The van der Waals surface area contributed by atoms with Crippen molar-refractivity contribution >= 4 is 12.6 Å². The van der Waals surface area contributed by atoms with E-state index in [4.69, 9.17) is 0 Å². The molecule has 0 aromatic carbocycles. The Balaban J connectivity index is 2.10. The fraction of sp³-hybridized carbons (Fsp3) is 0.778. The second kappa shape index (κ2) is 4.84. The molecule has 0 spiro atoms. The topological polar surface area (TPSA) is 0 Å². The maximum absolute atomic E-state index is 4.15. The van der Waals surface area contributed by atoms with Gasteiger partial charge in [-0.25, -0.2) is 0 Å². The molecule has 1 aliphatic carbocycles. The molecule has 0 atom stereocenters. The van der Waals surface area contributed by atoms with Crippen molar-refractivity contribution in [3.8, 4) is 0 Å². The molecule has 0 amide bonds. The Morgan fingerprint density at radius 2 is 2.00 bits per heavy atom.